The van der Waals surface area contributed by atoms with E-state index in [4.69, 9.17) is 0 Å². The summed E-state index contributed by atoms with van der Waals surface area (Å²) in [5.74, 6) is -6.87. The van der Waals surface area contributed by atoms with Crippen molar-refractivity contribution in [1.82, 2.24) is 4.98 Å². The van der Waals surface area contributed by atoms with Gasteiger partial charge in [0.2, 0.25) is 11.6 Å². The Kier molecular flexibility index (Phi) is 5.83. The molecule has 0 atom stereocenters. The normalized spacial score (nSPS) is 11.6. The third kappa shape index (κ3) is 5.31. The van der Waals surface area contributed by atoms with Crippen LogP contribution in [0.2, 0.25) is 0 Å². The summed E-state index contributed by atoms with van der Waals surface area (Å²) in [5, 5.41) is 2.21. The Bertz CT molecular complexity index is 706. The Morgan fingerprint density at radius 3 is 1.92 bits per heavy atom. The van der Waals surface area contributed by atoms with Crippen LogP contribution in [0.15, 0.2) is 24.3 Å². The summed E-state index contributed by atoms with van der Waals surface area (Å²) in [6.45, 7) is -1.83. The molecule has 1 N–H and O–H groups in total. The molecule has 0 unspecified atom stereocenters. The van der Waals surface area contributed by atoms with E-state index in [0.29, 0.717) is 11.1 Å². The van der Waals surface area contributed by atoms with E-state index in [-0.39, 0.29) is 13.2 Å². The second-order valence-corrected chi connectivity index (χ2v) is 4.97. The number of halogens is 7. The summed E-state index contributed by atoms with van der Waals surface area (Å²) in [5.41, 5.74) is -0.0788. The van der Waals surface area contributed by atoms with Crippen molar-refractivity contribution in [3.8, 4) is 0 Å². The van der Waals surface area contributed by atoms with Crippen molar-refractivity contribution in [1.29, 1.82) is 0 Å². The summed E-state index contributed by atoms with van der Waals surface area (Å²) in [7, 11) is 0. The average Bonchev–Trinajstić information content (AvgIpc) is 2.53. The number of ether oxygens (including phenoxy) is 1. The largest absolute Gasteiger partial charge is 0.411 e. The Labute approximate surface area is 137 Å². The molecule has 0 aliphatic heterocycles. The average molecular weight is 368 g/mol. The Hall–Kier alpha value is -2.36. The summed E-state index contributed by atoms with van der Waals surface area (Å²) in [6.07, 6.45) is -4.42. The summed E-state index contributed by atoms with van der Waals surface area (Å²) in [6, 6.07) is 5.83. The molecule has 2 aromatic rings. The van der Waals surface area contributed by atoms with Crippen molar-refractivity contribution in [3.63, 3.8) is 0 Å². The van der Waals surface area contributed by atoms with Gasteiger partial charge in [0.05, 0.1) is 6.61 Å². The predicted octanol–water partition coefficient (Wildman–Crippen LogP) is 4.33. The van der Waals surface area contributed by atoms with Crippen LogP contribution in [-0.2, 0) is 17.9 Å². The molecule has 0 saturated carbocycles. The molecule has 0 radical (unpaired) electrons. The highest BCUT2D eigenvalue weighted by atomic mass is 19.4. The first-order valence-electron chi connectivity index (χ1n) is 6.83. The molecule has 2 rings (SSSR count). The number of pyridine rings is 1. The molecular weight excluding hydrogens is 357 g/mol. The first-order valence-corrected chi connectivity index (χ1v) is 6.83. The first-order chi connectivity index (χ1) is 11.7. The highest BCUT2D eigenvalue weighted by molar-refractivity contribution is 5.46. The second-order valence-electron chi connectivity index (χ2n) is 4.97. The third-order valence-corrected chi connectivity index (χ3v) is 3.02. The van der Waals surface area contributed by atoms with Gasteiger partial charge in [-0.05, 0) is 11.1 Å². The van der Waals surface area contributed by atoms with Gasteiger partial charge in [-0.1, -0.05) is 24.3 Å². The number of hydrogen-bond acceptors (Lipinski definition) is 3. The van der Waals surface area contributed by atoms with Gasteiger partial charge in [-0.2, -0.15) is 35.7 Å². The number of nitrogens with zero attached hydrogens (tertiary/aromatic N) is 1. The van der Waals surface area contributed by atoms with Gasteiger partial charge in [-0.3, -0.25) is 0 Å². The van der Waals surface area contributed by atoms with Gasteiger partial charge in [0.25, 0.3) is 11.9 Å². The third-order valence-electron chi connectivity index (χ3n) is 3.02. The minimum Gasteiger partial charge on any atom is -0.376 e. The molecule has 1 aromatic heterocycles. The van der Waals surface area contributed by atoms with Crippen molar-refractivity contribution in [2.75, 3.05) is 11.9 Å². The minimum atomic E-state index is -4.42. The molecular formula is C15H11F7N2O. The number of nitrogens with one attached hydrogen (secondary N) is 1. The first kappa shape index (κ1) is 19.0. The monoisotopic (exact) mass is 368 g/mol. The molecule has 3 nitrogen and oxygen atoms in total. The molecule has 0 amide bonds. The molecule has 0 saturated heterocycles. The van der Waals surface area contributed by atoms with Crippen LogP contribution in [0.25, 0.3) is 0 Å². The lowest BCUT2D eigenvalue weighted by Gasteiger charge is -2.10. The quantitative estimate of drug-likeness (QED) is 0.609. The molecule has 0 aliphatic carbocycles. The van der Waals surface area contributed by atoms with E-state index >= 15 is 0 Å². The Balaban J connectivity index is 1.96. The number of aromatic nitrogens is 1. The molecule has 1 heterocycles. The maximum absolute atomic E-state index is 13.4. The maximum Gasteiger partial charge on any atom is 0.411 e. The molecule has 0 bridgehead atoms. The van der Waals surface area contributed by atoms with E-state index in [1.807, 2.05) is 0 Å². The molecule has 0 fully saturated rings. The molecule has 0 aliphatic rings. The van der Waals surface area contributed by atoms with Crippen LogP contribution in [-0.4, -0.2) is 17.8 Å². The van der Waals surface area contributed by atoms with Crippen LogP contribution in [0.4, 0.5) is 36.4 Å². The van der Waals surface area contributed by atoms with Gasteiger partial charge >= 0.3 is 6.18 Å². The summed E-state index contributed by atoms with van der Waals surface area (Å²) < 4.78 is 93.2. The van der Waals surface area contributed by atoms with E-state index in [2.05, 4.69) is 15.0 Å². The fraction of sp³-hybridized carbons (Fsp3) is 0.267. The lowest BCUT2D eigenvalue weighted by molar-refractivity contribution is -0.176. The van der Waals surface area contributed by atoms with E-state index < -0.39 is 42.0 Å². The second kappa shape index (κ2) is 7.68. The van der Waals surface area contributed by atoms with E-state index in [0.717, 1.165) is 0 Å². The lowest BCUT2D eigenvalue weighted by atomic mass is 10.1. The topological polar surface area (TPSA) is 34.2 Å². The van der Waals surface area contributed by atoms with Crippen LogP contribution < -0.4 is 5.32 Å². The van der Waals surface area contributed by atoms with Crippen LogP contribution in [0.3, 0.4) is 0 Å². The van der Waals surface area contributed by atoms with Gasteiger partial charge in [0.15, 0.2) is 0 Å². The van der Waals surface area contributed by atoms with E-state index in [9.17, 15) is 30.7 Å². The zero-order chi connectivity index (χ0) is 18.6. The molecule has 10 heteroatoms. The van der Waals surface area contributed by atoms with Crippen LogP contribution in [0.5, 0.6) is 0 Å². The van der Waals surface area contributed by atoms with E-state index in [1.54, 1.807) is 0 Å². The molecule has 25 heavy (non-hydrogen) atoms. The predicted molar refractivity (Wildman–Crippen MR) is 73.5 cm³/mol. The van der Waals surface area contributed by atoms with Crippen molar-refractivity contribution < 1.29 is 35.5 Å². The summed E-state index contributed by atoms with van der Waals surface area (Å²) >= 11 is 0. The highest BCUT2D eigenvalue weighted by Gasteiger charge is 2.27. The van der Waals surface area contributed by atoms with Crippen LogP contribution in [0, 0.1) is 23.5 Å². The highest BCUT2D eigenvalue weighted by Crippen LogP contribution is 2.23. The molecule has 136 valence electrons. The van der Waals surface area contributed by atoms with Crippen LogP contribution >= 0.6 is 0 Å². The fourth-order valence-corrected chi connectivity index (χ4v) is 1.87. The number of rotatable bonds is 6. The number of hydrogen-bond donors (Lipinski definition) is 1. The standard InChI is InChI=1S/C15H11F7N2O/c16-10-12(11(17)14(19)24-13(10)18)23-5-8-1-3-9(4-2-8)6-25-7-15(20,21)22/h1-4H,5-7H2,(H,23,24). The Morgan fingerprint density at radius 2 is 1.40 bits per heavy atom. The van der Waals surface area contributed by atoms with Crippen molar-refractivity contribution in [2.24, 2.45) is 0 Å². The fourth-order valence-electron chi connectivity index (χ4n) is 1.87. The van der Waals surface area contributed by atoms with Gasteiger partial charge in [0.1, 0.15) is 12.3 Å². The molecule has 1 aromatic carbocycles. The number of anilines is 1. The zero-order valence-electron chi connectivity index (χ0n) is 12.4. The maximum atomic E-state index is 13.4. The summed E-state index contributed by atoms with van der Waals surface area (Å²) in [4.78, 5) is 2.43. The smallest absolute Gasteiger partial charge is 0.376 e. The van der Waals surface area contributed by atoms with Gasteiger partial charge < -0.3 is 10.1 Å². The van der Waals surface area contributed by atoms with Gasteiger partial charge in [0, 0.05) is 6.54 Å². The van der Waals surface area contributed by atoms with Crippen molar-refractivity contribution in [2.45, 2.75) is 19.3 Å². The van der Waals surface area contributed by atoms with Gasteiger partial charge in [-0.15, -0.1) is 0 Å². The SMILES string of the molecule is Fc1nc(F)c(F)c(NCc2ccc(COCC(F)(F)F)cc2)c1F. The van der Waals surface area contributed by atoms with Gasteiger partial charge in [-0.25, -0.2) is 0 Å². The zero-order valence-corrected chi connectivity index (χ0v) is 12.4. The Morgan fingerprint density at radius 1 is 0.880 bits per heavy atom. The lowest BCUT2D eigenvalue weighted by Crippen LogP contribution is -2.16. The minimum absolute atomic E-state index is 0.180. The van der Waals surface area contributed by atoms with E-state index in [1.165, 1.54) is 24.3 Å². The van der Waals surface area contributed by atoms with Crippen LogP contribution in [0.1, 0.15) is 11.1 Å². The van der Waals surface area contributed by atoms with Crippen molar-refractivity contribution in [3.05, 3.63) is 58.9 Å². The molecule has 0 spiro atoms. The number of benzene rings is 1. The van der Waals surface area contributed by atoms with Crippen molar-refractivity contribution >= 4 is 5.69 Å². The number of alkyl halides is 3.